The Morgan fingerprint density at radius 1 is 1.42 bits per heavy atom. The van der Waals surface area contributed by atoms with E-state index in [1.54, 1.807) is 10.9 Å². The average molecular weight is 347 g/mol. The largest absolute Gasteiger partial charge is 0.335 e. The Balaban J connectivity index is 1.63. The second kappa shape index (κ2) is 7.34. The molecule has 1 fully saturated rings. The van der Waals surface area contributed by atoms with Crippen LogP contribution in [0.2, 0.25) is 5.15 Å². The molecule has 0 saturated carbocycles. The second-order valence-electron chi connectivity index (χ2n) is 6.33. The lowest BCUT2D eigenvalue weighted by Crippen LogP contribution is -2.30. The van der Waals surface area contributed by atoms with E-state index in [1.165, 1.54) is 0 Å². The summed E-state index contributed by atoms with van der Waals surface area (Å²) in [5.74, 6) is 0.202. The number of rotatable bonds is 5. The van der Waals surface area contributed by atoms with Crippen molar-refractivity contribution in [2.45, 2.75) is 45.1 Å². The predicted octanol–water partition coefficient (Wildman–Crippen LogP) is 3.46. The molecule has 1 atom stereocenters. The normalized spacial score (nSPS) is 17.5. The fraction of sp³-hybridized carbons (Fsp3) is 0.500. The first-order valence-corrected chi connectivity index (χ1v) is 8.84. The minimum atomic E-state index is 0.0635. The molecule has 0 aliphatic carbocycles. The molecule has 6 heteroatoms. The summed E-state index contributed by atoms with van der Waals surface area (Å²) in [6.45, 7) is 2.76. The highest BCUT2D eigenvalue weighted by atomic mass is 35.5. The minimum Gasteiger partial charge on any atom is -0.335 e. The lowest BCUT2D eigenvalue weighted by atomic mass is 10.1. The van der Waals surface area contributed by atoms with E-state index in [4.69, 9.17) is 11.6 Å². The van der Waals surface area contributed by atoms with Crippen LogP contribution in [0.3, 0.4) is 0 Å². The maximum atomic E-state index is 12.7. The van der Waals surface area contributed by atoms with Crippen LogP contribution in [0, 0.1) is 6.92 Å². The molecule has 128 valence electrons. The fourth-order valence-electron chi connectivity index (χ4n) is 3.50. The van der Waals surface area contributed by atoms with Crippen LogP contribution in [0.25, 0.3) is 0 Å². The van der Waals surface area contributed by atoms with Crippen molar-refractivity contribution in [2.24, 2.45) is 7.05 Å². The van der Waals surface area contributed by atoms with Gasteiger partial charge in [0.2, 0.25) is 5.91 Å². The van der Waals surface area contributed by atoms with Crippen LogP contribution in [-0.4, -0.2) is 32.1 Å². The molecule has 2 aromatic heterocycles. The van der Waals surface area contributed by atoms with Crippen LogP contribution in [-0.2, 0) is 18.3 Å². The third kappa shape index (κ3) is 3.46. The minimum absolute atomic E-state index is 0.0635. The number of aryl methyl sites for hydroxylation is 3. The third-order valence-corrected chi connectivity index (χ3v) is 5.10. The van der Waals surface area contributed by atoms with E-state index in [9.17, 15) is 4.79 Å². The molecule has 0 bridgehead atoms. The number of halogens is 1. The van der Waals surface area contributed by atoms with Crippen molar-refractivity contribution in [1.82, 2.24) is 19.7 Å². The standard InChI is InChI=1S/C18H23ClN4O/c1-13-17(18(19)22(2)21-13)15-9-6-12-23(15)16(24)10-5-8-14-7-3-4-11-20-14/h3-4,7,11,15H,5-6,8-10,12H2,1-2H3. The number of hydrogen-bond acceptors (Lipinski definition) is 3. The summed E-state index contributed by atoms with van der Waals surface area (Å²) < 4.78 is 1.69. The fourth-order valence-corrected chi connectivity index (χ4v) is 3.80. The van der Waals surface area contributed by atoms with Crippen molar-refractivity contribution < 1.29 is 4.79 Å². The lowest BCUT2D eigenvalue weighted by Gasteiger charge is -2.25. The first-order chi connectivity index (χ1) is 11.6. The lowest BCUT2D eigenvalue weighted by molar-refractivity contribution is -0.132. The zero-order valence-electron chi connectivity index (χ0n) is 14.2. The zero-order chi connectivity index (χ0) is 17.1. The molecule has 0 N–H and O–H groups in total. The van der Waals surface area contributed by atoms with Crippen molar-refractivity contribution >= 4 is 17.5 Å². The SMILES string of the molecule is Cc1nn(C)c(Cl)c1C1CCCN1C(=O)CCCc1ccccn1. The van der Waals surface area contributed by atoms with Crippen LogP contribution in [0.15, 0.2) is 24.4 Å². The number of nitrogens with zero attached hydrogens (tertiary/aromatic N) is 4. The van der Waals surface area contributed by atoms with Crippen LogP contribution in [0.5, 0.6) is 0 Å². The van der Waals surface area contributed by atoms with E-state index >= 15 is 0 Å². The molecule has 1 amide bonds. The monoisotopic (exact) mass is 346 g/mol. The van der Waals surface area contributed by atoms with Crippen molar-refractivity contribution in [3.63, 3.8) is 0 Å². The van der Waals surface area contributed by atoms with E-state index < -0.39 is 0 Å². The molecule has 1 saturated heterocycles. The van der Waals surface area contributed by atoms with Gasteiger partial charge in [-0.2, -0.15) is 5.10 Å². The second-order valence-corrected chi connectivity index (χ2v) is 6.69. The van der Waals surface area contributed by atoms with Gasteiger partial charge in [0.1, 0.15) is 5.15 Å². The summed E-state index contributed by atoms with van der Waals surface area (Å²) >= 11 is 6.40. The highest BCUT2D eigenvalue weighted by Gasteiger charge is 2.33. The maximum Gasteiger partial charge on any atom is 0.223 e. The number of amides is 1. The van der Waals surface area contributed by atoms with E-state index in [0.29, 0.717) is 11.6 Å². The van der Waals surface area contributed by atoms with E-state index in [0.717, 1.165) is 49.2 Å². The van der Waals surface area contributed by atoms with E-state index in [-0.39, 0.29) is 11.9 Å². The van der Waals surface area contributed by atoms with Gasteiger partial charge in [0.15, 0.2) is 0 Å². The quantitative estimate of drug-likeness (QED) is 0.833. The summed E-state index contributed by atoms with van der Waals surface area (Å²) in [4.78, 5) is 19.0. The first kappa shape index (κ1) is 17.0. The summed E-state index contributed by atoms with van der Waals surface area (Å²) in [7, 11) is 1.84. The molecular weight excluding hydrogens is 324 g/mol. The predicted molar refractivity (Wildman–Crippen MR) is 93.8 cm³/mol. The summed E-state index contributed by atoms with van der Waals surface area (Å²) in [5.41, 5.74) is 2.96. The molecule has 1 aliphatic rings. The zero-order valence-corrected chi connectivity index (χ0v) is 15.0. The van der Waals surface area contributed by atoms with E-state index in [2.05, 4.69) is 10.1 Å². The number of carbonyl (C=O) groups excluding carboxylic acids is 1. The number of hydrogen-bond donors (Lipinski definition) is 0. The molecule has 1 aliphatic heterocycles. The van der Waals surface area contributed by atoms with Crippen LogP contribution < -0.4 is 0 Å². The van der Waals surface area contributed by atoms with Gasteiger partial charge in [-0.1, -0.05) is 17.7 Å². The molecule has 24 heavy (non-hydrogen) atoms. The summed E-state index contributed by atoms with van der Waals surface area (Å²) in [6, 6.07) is 5.95. The van der Waals surface area contributed by atoms with Gasteiger partial charge in [-0.05, 0) is 44.7 Å². The average Bonchev–Trinajstić information content (AvgIpc) is 3.13. The van der Waals surface area contributed by atoms with Crippen molar-refractivity contribution in [2.75, 3.05) is 6.54 Å². The maximum absolute atomic E-state index is 12.7. The molecule has 0 radical (unpaired) electrons. The van der Waals surface area contributed by atoms with Gasteiger partial charge in [-0.3, -0.25) is 14.5 Å². The molecule has 5 nitrogen and oxygen atoms in total. The van der Waals surface area contributed by atoms with Gasteiger partial charge in [0.25, 0.3) is 0 Å². The molecular formula is C18H23ClN4O. The van der Waals surface area contributed by atoms with Crippen LogP contribution >= 0.6 is 11.6 Å². The van der Waals surface area contributed by atoms with Gasteiger partial charge < -0.3 is 4.90 Å². The highest BCUT2D eigenvalue weighted by molar-refractivity contribution is 6.30. The molecule has 0 spiro atoms. The summed E-state index contributed by atoms with van der Waals surface area (Å²) in [6.07, 6.45) is 5.96. The van der Waals surface area contributed by atoms with Gasteiger partial charge in [0, 0.05) is 37.5 Å². The molecule has 3 rings (SSSR count). The molecule has 0 aromatic carbocycles. The third-order valence-electron chi connectivity index (χ3n) is 4.65. The van der Waals surface area contributed by atoms with Gasteiger partial charge >= 0.3 is 0 Å². The Kier molecular flexibility index (Phi) is 5.19. The molecule has 2 aromatic rings. The Morgan fingerprint density at radius 2 is 2.25 bits per heavy atom. The van der Waals surface area contributed by atoms with Crippen molar-refractivity contribution in [1.29, 1.82) is 0 Å². The number of likely N-dealkylation sites (tertiary alicyclic amines) is 1. The molecule has 1 unspecified atom stereocenters. The van der Waals surface area contributed by atoms with Gasteiger partial charge in [0.05, 0.1) is 11.7 Å². The van der Waals surface area contributed by atoms with E-state index in [1.807, 2.05) is 37.1 Å². The topological polar surface area (TPSA) is 51.0 Å². The van der Waals surface area contributed by atoms with Gasteiger partial charge in [-0.25, -0.2) is 0 Å². The first-order valence-electron chi connectivity index (χ1n) is 8.46. The number of pyridine rings is 1. The Labute approximate surface area is 147 Å². The van der Waals surface area contributed by atoms with Gasteiger partial charge in [-0.15, -0.1) is 0 Å². The van der Waals surface area contributed by atoms with Crippen LogP contribution in [0.4, 0.5) is 0 Å². The number of aromatic nitrogens is 3. The van der Waals surface area contributed by atoms with Crippen molar-refractivity contribution in [3.05, 3.63) is 46.5 Å². The van der Waals surface area contributed by atoms with Crippen molar-refractivity contribution in [3.8, 4) is 0 Å². The van der Waals surface area contributed by atoms with Crippen LogP contribution in [0.1, 0.15) is 48.7 Å². The number of carbonyl (C=O) groups is 1. The Bertz CT molecular complexity index is 713. The highest BCUT2D eigenvalue weighted by Crippen LogP contribution is 2.37. The molecule has 3 heterocycles. The summed E-state index contributed by atoms with van der Waals surface area (Å²) in [5, 5.41) is 5.03. The Morgan fingerprint density at radius 3 is 2.92 bits per heavy atom. The Hall–Kier alpha value is -1.88. The smallest absolute Gasteiger partial charge is 0.223 e.